The lowest BCUT2D eigenvalue weighted by atomic mass is 10.1. The third kappa shape index (κ3) is 3.20. The van der Waals surface area contributed by atoms with Gasteiger partial charge in [-0.2, -0.15) is 4.31 Å². The number of morpholine rings is 1. The molecule has 1 saturated heterocycles. The molecule has 5 nitrogen and oxygen atoms in total. The van der Waals surface area contributed by atoms with Gasteiger partial charge in [-0.1, -0.05) is 12.1 Å². The maximum Gasteiger partial charge on any atom is 0.243 e. The fourth-order valence-corrected chi connectivity index (χ4v) is 4.01. The molecule has 1 aromatic rings. The number of hydrogen-bond acceptors (Lipinski definition) is 4. The van der Waals surface area contributed by atoms with Crippen LogP contribution in [0.2, 0.25) is 0 Å². The molecule has 1 aliphatic rings. The maximum absolute atomic E-state index is 12.6. The molecule has 0 aromatic heterocycles. The topological polar surface area (TPSA) is 72.6 Å². The minimum absolute atomic E-state index is 0.0862. The Morgan fingerprint density at radius 1 is 1.20 bits per heavy atom. The zero-order chi connectivity index (χ0) is 14.9. The Bertz CT molecular complexity index is 544. The first kappa shape index (κ1) is 15.4. The third-order valence-electron chi connectivity index (χ3n) is 3.43. The summed E-state index contributed by atoms with van der Waals surface area (Å²) in [6.45, 7) is 6.42. The molecule has 0 aliphatic carbocycles. The van der Waals surface area contributed by atoms with Crippen molar-refractivity contribution in [2.75, 3.05) is 13.1 Å². The highest BCUT2D eigenvalue weighted by atomic mass is 32.2. The number of nitrogens with zero attached hydrogens (tertiary/aromatic N) is 1. The summed E-state index contributed by atoms with van der Waals surface area (Å²) >= 11 is 0. The number of rotatable bonds is 3. The van der Waals surface area contributed by atoms with E-state index in [-0.39, 0.29) is 18.2 Å². The Morgan fingerprint density at radius 2 is 1.70 bits per heavy atom. The standard InChI is InChI=1S/C14H22N2O3S/c1-10-8-16(9-11(2)19-10)20(17,18)14-6-4-13(5-7-14)12(3)15/h4-7,10-12H,8-9,15H2,1-3H3/t10-,11+,12?. The van der Waals surface area contributed by atoms with Gasteiger partial charge in [-0.25, -0.2) is 8.42 Å². The smallest absolute Gasteiger partial charge is 0.243 e. The molecule has 112 valence electrons. The molecule has 1 unspecified atom stereocenters. The van der Waals surface area contributed by atoms with Crippen LogP contribution in [0.1, 0.15) is 32.4 Å². The van der Waals surface area contributed by atoms with Crippen LogP contribution >= 0.6 is 0 Å². The molecule has 20 heavy (non-hydrogen) atoms. The monoisotopic (exact) mass is 298 g/mol. The van der Waals surface area contributed by atoms with Crippen LogP contribution in [0.25, 0.3) is 0 Å². The second kappa shape index (κ2) is 5.81. The van der Waals surface area contributed by atoms with Crippen molar-refractivity contribution in [3.8, 4) is 0 Å². The van der Waals surface area contributed by atoms with Crippen LogP contribution in [0.4, 0.5) is 0 Å². The number of nitrogens with two attached hydrogens (primary N) is 1. The molecular formula is C14H22N2O3S. The van der Waals surface area contributed by atoms with Gasteiger partial charge in [-0.15, -0.1) is 0 Å². The lowest BCUT2D eigenvalue weighted by molar-refractivity contribution is -0.0440. The van der Waals surface area contributed by atoms with E-state index in [9.17, 15) is 8.42 Å². The molecule has 0 bridgehead atoms. The van der Waals surface area contributed by atoms with Gasteiger partial charge in [0.15, 0.2) is 0 Å². The van der Waals surface area contributed by atoms with E-state index in [1.807, 2.05) is 20.8 Å². The summed E-state index contributed by atoms with van der Waals surface area (Å²) in [6, 6.07) is 6.68. The lowest BCUT2D eigenvalue weighted by Gasteiger charge is -2.34. The van der Waals surface area contributed by atoms with Gasteiger partial charge < -0.3 is 10.5 Å². The Balaban J connectivity index is 2.25. The molecule has 1 aliphatic heterocycles. The van der Waals surface area contributed by atoms with Crippen LogP contribution in [0.15, 0.2) is 29.2 Å². The largest absolute Gasteiger partial charge is 0.373 e. The number of sulfonamides is 1. The van der Waals surface area contributed by atoms with Crippen LogP contribution < -0.4 is 5.73 Å². The third-order valence-corrected chi connectivity index (χ3v) is 5.28. The molecule has 0 spiro atoms. The molecule has 6 heteroatoms. The first-order chi connectivity index (χ1) is 9.30. The normalized spacial score (nSPS) is 26.4. The lowest BCUT2D eigenvalue weighted by Crippen LogP contribution is -2.48. The molecular weight excluding hydrogens is 276 g/mol. The Hall–Kier alpha value is -0.950. The van der Waals surface area contributed by atoms with Crippen LogP contribution in [-0.2, 0) is 14.8 Å². The quantitative estimate of drug-likeness (QED) is 0.918. The van der Waals surface area contributed by atoms with E-state index < -0.39 is 10.0 Å². The highest BCUT2D eigenvalue weighted by molar-refractivity contribution is 7.89. The predicted octanol–water partition coefficient (Wildman–Crippen LogP) is 1.50. The average molecular weight is 298 g/mol. The van der Waals surface area contributed by atoms with Gasteiger partial charge in [0.05, 0.1) is 17.1 Å². The van der Waals surface area contributed by atoms with Gasteiger partial charge in [0, 0.05) is 19.1 Å². The predicted molar refractivity (Wildman–Crippen MR) is 77.8 cm³/mol. The van der Waals surface area contributed by atoms with Crippen LogP contribution in [0, 0.1) is 0 Å². The van der Waals surface area contributed by atoms with Crippen LogP contribution in [-0.4, -0.2) is 38.0 Å². The maximum atomic E-state index is 12.6. The second-order valence-corrected chi connectivity index (χ2v) is 7.37. The number of benzene rings is 1. The van der Waals surface area contributed by atoms with Crippen LogP contribution in [0.3, 0.4) is 0 Å². The first-order valence-corrected chi connectivity index (χ1v) is 8.26. The molecule has 1 heterocycles. The minimum atomic E-state index is -3.46. The van der Waals surface area contributed by atoms with Crippen molar-refractivity contribution in [1.29, 1.82) is 0 Å². The average Bonchev–Trinajstić information content (AvgIpc) is 2.37. The Morgan fingerprint density at radius 3 is 2.15 bits per heavy atom. The van der Waals surface area contributed by atoms with Crippen molar-refractivity contribution < 1.29 is 13.2 Å². The number of ether oxygens (including phenoxy) is 1. The number of hydrogen-bond donors (Lipinski definition) is 1. The molecule has 1 fully saturated rings. The molecule has 2 rings (SSSR count). The summed E-state index contributed by atoms with van der Waals surface area (Å²) in [7, 11) is -3.46. The molecule has 0 amide bonds. The fraction of sp³-hybridized carbons (Fsp3) is 0.571. The Labute approximate surface area is 120 Å². The van der Waals surface area contributed by atoms with Gasteiger partial charge in [-0.3, -0.25) is 0 Å². The fourth-order valence-electron chi connectivity index (χ4n) is 2.42. The van der Waals surface area contributed by atoms with E-state index in [4.69, 9.17) is 10.5 Å². The first-order valence-electron chi connectivity index (χ1n) is 6.82. The van der Waals surface area contributed by atoms with Crippen LogP contribution in [0.5, 0.6) is 0 Å². The van der Waals surface area contributed by atoms with Gasteiger partial charge in [-0.05, 0) is 38.5 Å². The summed E-state index contributed by atoms with van der Waals surface area (Å²) in [5.41, 5.74) is 6.70. The van der Waals surface area contributed by atoms with Crippen molar-refractivity contribution in [3.63, 3.8) is 0 Å². The van der Waals surface area contributed by atoms with E-state index in [1.54, 1.807) is 24.3 Å². The van der Waals surface area contributed by atoms with Crippen molar-refractivity contribution in [3.05, 3.63) is 29.8 Å². The second-order valence-electron chi connectivity index (χ2n) is 5.44. The van der Waals surface area contributed by atoms with Crippen molar-refractivity contribution in [2.45, 2.75) is 43.9 Å². The highest BCUT2D eigenvalue weighted by Gasteiger charge is 2.32. The SMILES string of the molecule is CC(N)c1ccc(S(=O)(=O)N2C[C@@H](C)O[C@@H](C)C2)cc1. The minimum Gasteiger partial charge on any atom is -0.373 e. The molecule has 0 saturated carbocycles. The van der Waals surface area contributed by atoms with Crippen molar-refractivity contribution in [1.82, 2.24) is 4.31 Å². The van der Waals surface area contributed by atoms with E-state index in [0.29, 0.717) is 18.0 Å². The summed E-state index contributed by atoms with van der Waals surface area (Å²) in [6.07, 6.45) is -0.172. The molecule has 1 aromatic carbocycles. The zero-order valence-electron chi connectivity index (χ0n) is 12.1. The Kier molecular flexibility index (Phi) is 4.49. The van der Waals surface area contributed by atoms with E-state index in [1.165, 1.54) is 4.31 Å². The van der Waals surface area contributed by atoms with Gasteiger partial charge in [0.25, 0.3) is 0 Å². The van der Waals surface area contributed by atoms with Gasteiger partial charge >= 0.3 is 0 Å². The van der Waals surface area contributed by atoms with Crippen molar-refractivity contribution in [2.24, 2.45) is 5.73 Å². The molecule has 0 radical (unpaired) electrons. The van der Waals surface area contributed by atoms with E-state index in [0.717, 1.165) is 5.56 Å². The summed E-state index contributed by atoms with van der Waals surface area (Å²) in [5, 5.41) is 0. The highest BCUT2D eigenvalue weighted by Crippen LogP contribution is 2.22. The van der Waals surface area contributed by atoms with E-state index in [2.05, 4.69) is 0 Å². The zero-order valence-corrected chi connectivity index (χ0v) is 12.9. The van der Waals surface area contributed by atoms with E-state index >= 15 is 0 Å². The van der Waals surface area contributed by atoms with Gasteiger partial charge in [0.2, 0.25) is 10.0 Å². The molecule has 2 N–H and O–H groups in total. The molecule has 3 atom stereocenters. The summed E-state index contributed by atoms with van der Waals surface area (Å²) in [4.78, 5) is 0.309. The van der Waals surface area contributed by atoms with Crippen molar-refractivity contribution >= 4 is 10.0 Å². The summed E-state index contributed by atoms with van der Waals surface area (Å²) in [5.74, 6) is 0. The van der Waals surface area contributed by atoms with Gasteiger partial charge in [0.1, 0.15) is 0 Å². The summed E-state index contributed by atoms with van der Waals surface area (Å²) < 4.78 is 32.3.